The fraction of sp³-hybridized carbons (Fsp3) is 0.118. The van der Waals surface area contributed by atoms with E-state index in [-0.39, 0.29) is 0 Å². The fourth-order valence-corrected chi connectivity index (χ4v) is 3.03. The Labute approximate surface area is 153 Å². The third kappa shape index (κ3) is 4.68. The van der Waals surface area contributed by atoms with Gasteiger partial charge in [0.1, 0.15) is 10.8 Å². The number of rotatable bonds is 5. The predicted molar refractivity (Wildman–Crippen MR) is 101 cm³/mol. The second-order valence-electron chi connectivity index (χ2n) is 4.96. The summed E-state index contributed by atoms with van der Waals surface area (Å²) in [5.41, 5.74) is 1.48. The van der Waals surface area contributed by atoms with E-state index < -0.39 is 6.03 Å². The summed E-state index contributed by atoms with van der Waals surface area (Å²) in [6.07, 6.45) is 0. The summed E-state index contributed by atoms with van der Waals surface area (Å²) in [6.45, 7) is 2.52. The molecule has 0 bridgehead atoms. The van der Waals surface area contributed by atoms with Crippen molar-refractivity contribution in [3.05, 3.63) is 53.6 Å². The number of ether oxygens (including phenoxy) is 1. The van der Waals surface area contributed by atoms with Crippen molar-refractivity contribution in [2.24, 2.45) is 0 Å². The number of carbonyl (C=O) groups excluding carboxylic acids is 1. The van der Waals surface area contributed by atoms with E-state index >= 15 is 0 Å². The van der Waals surface area contributed by atoms with Crippen molar-refractivity contribution in [2.45, 2.75) is 6.92 Å². The van der Waals surface area contributed by atoms with Crippen molar-refractivity contribution < 1.29 is 9.53 Å². The monoisotopic (exact) mass is 374 g/mol. The molecule has 0 atom stereocenters. The third-order valence-corrected chi connectivity index (χ3v) is 4.24. The molecule has 0 aliphatic rings. The molecule has 0 spiro atoms. The standard InChI is InChI=1S/C17H15ClN4O2S/c1-2-24-14-8-3-5-11(9-14)15-21-22-17(25-15)20-16(23)19-13-7-4-6-12(18)10-13/h3-10H,2H2,1H3,(H2,19,20,22,23). The number of nitrogens with one attached hydrogen (secondary N) is 2. The number of hydrogen-bond acceptors (Lipinski definition) is 5. The van der Waals surface area contributed by atoms with Gasteiger partial charge in [0.05, 0.1) is 6.61 Å². The average molecular weight is 375 g/mol. The van der Waals surface area contributed by atoms with Crippen LogP contribution in [0, 0.1) is 0 Å². The van der Waals surface area contributed by atoms with E-state index in [1.165, 1.54) is 11.3 Å². The molecule has 8 heteroatoms. The van der Waals surface area contributed by atoms with Gasteiger partial charge < -0.3 is 10.1 Å². The summed E-state index contributed by atoms with van der Waals surface area (Å²) < 4.78 is 5.48. The fourth-order valence-electron chi connectivity index (χ4n) is 2.10. The number of nitrogens with zero attached hydrogens (tertiary/aromatic N) is 2. The van der Waals surface area contributed by atoms with Crippen LogP contribution in [0.3, 0.4) is 0 Å². The van der Waals surface area contributed by atoms with Gasteiger partial charge in [0.15, 0.2) is 0 Å². The summed E-state index contributed by atoms with van der Waals surface area (Å²) in [7, 11) is 0. The number of halogens is 1. The van der Waals surface area contributed by atoms with Crippen molar-refractivity contribution in [2.75, 3.05) is 17.2 Å². The molecule has 1 heterocycles. The summed E-state index contributed by atoms with van der Waals surface area (Å²) in [5.74, 6) is 0.767. The van der Waals surface area contributed by atoms with Gasteiger partial charge in [-0.25, -0.2) is 4.79 Å². The maximum Gasteiger partial charge on any atom is 0.325 e. The third-order valence-electron chi connectivity index (χ3n) is 3.12. The molecule has 1 aromatic heterocycles. The Balaban J connectivity index is 1.67. The van der Waals surface area contributed by atoms with Crippen LogP contribution in [0.2, 0.25) is 5.02 Å². The van der Waals surface area contributed by atoms with E-state index in [4.69, 9.17) is 16.3 Å². The number of benzene rings is 2. The molecule has 25 heavy (non-hydrogen) atoms. The molecule has 0 unspecified atom stereocenters. The lowest BCUT2D eigenvalue weighted by Gasteiger charge is -2.05. The van der Waals surface area contributed by atoms with Crippen LogP contribution in [0.1, 0.15) is 6.92 Å². The van der Waals surface area contributed by atoms with E-state index in [2.05, 4.69) is 20.8 Å². The molecule has 2 amide bonds. The number of aromatic nitrogens is 2. The van der Waals surface area contributed by atoms with Crippen LogP contribution in [0.4, 0.5) is 15.6 Å². The maximum atomic E-state index is 12.0. The van der Waals surface area contributed by atoms with Crippen molar-refractivity contribution >= 4 is 39.8 Å². The Kier molecular flexibility index (Phi) is 5.47. The molecule has 0 saturated carbocycles. The first-order valence-corrected chi connectivity index (χ1v) is 8.74. The van der Waals surface area contributed by atoms with Crippen LogP contribution >= 0.6 is 22.9 Å². The summed E-state index contributed by atoms with van der Waals surface area (Å²) in [5, 5.41) is 15.1. The molecule has 0 fully saturated rings. The summed E-state index contributed by atoms with van der Waals surface area (Å²) in [6, 6.07) is 14.1. The zero-order chi connectivity index (χ0) is 17.6. The molecule has 0 aliphatic carbocycles. The van der Waals surface area contributed by atoms with Gasteiger partial charge in [-0.3, -0.25) is 5.32 Å². The van der Waals surface area contributed by atoms with Crippen molar-refractivity contribution in [1.82, 2.24) is 10.2 Å². The Morgan fingerprint density at radius 2 is 2.00 bits per heavy atom. The number of anilines is 2. The van der Waals surface area contributed by atoms with Gasteiger partial charge in [-0.15, -0.1) is 10.2 Å². The highest BCUT2D eigenvalue weighted by molar-refractivity contribution is 7.18. The summed E-state index contributed by atoms with van der Waals surface area (Å²) >= 11 is 7.17. The van der Waals surface area contributed by atoms with Gasteiger partial charge in [0.25, 0.3) is 0 Å². The topological polar surface area (TPSA) is 76.1 Å². The Hall–Kier alpha value is -2.64. The maximum absolute atomic E-state index is 12.0. The van der Waals surface area contributed by atoms with E-state index in [9.17, 15) is 4.79 Å². The molecule has 0 radical (unpaired) electrons. The van der Waals surface area contributed by atoms with Gasteiger partial charge in [-0.05, 0) is 37.3 Å². The first kappa shape index (κ1) is 17.2. The molecular weight excluding hydrogens is 360 g/mol. The predicted octanol–water partition coefficient (Wildman–Crippen LogP) is 4.90. The highest BCUT2D eigenvalue weighted by Crippen LogP contribution is 2.29. The second-order valence-corrected chi connectivity index (χ2v) is 6.38. The van der Waals surface area contributed by atoms with Crippen LogP contribution in [0.15, 0.2) is 48.5 Å². The molecule has 2 N–H and O–H groups in total. The summed E-state index contributed by atoms with van der Waals surface area (Å²) in [4.78, 5) is 12.0. The highest BCUT2D eigenvalue weighted by atomic mass is 35.5. The molecular formula is C17H15ClN4O2S. The zero-order valence-corrected chi connectivity index (χ0v) is 14.9. The molecule has 2 aromatic carbocycles. The normalized spacial score (nSPS) is 10.3. The molecule has 3 aromatic rings. The molecule has 0 aliphatic heterocycles. The molecule has 6 nitrogen and oxygen atoms in total. The SMILES string of the molecule is CCOc1cccc(-c2nnc(NC(=O)Nc3cccc(Cl)c3)s2)c1. The lowest BCUT2D eigenvalue weighted by molar-refractivity contribution is 0.262. The van der Waals surface area contributed by atoms with Crippen molar-refractivity contribution in [1.29, 1.82) is 0 Å². The first-order valence-electron chi connectivity index (χ1n) is 7.54. The minimum atomic E-state index is -0.409. The number of hydrogen-bond donors (Lipinski definition) is 2. The largest absolute Gasteiger partial charge is 0.494 e. The van der Waals surface area contributed by atoms with E-state index in [1.54, 1.807) is 24.3 Å². The number of carbonyl (C=O) groups is 1. The van der Waals surface area contributed by atoms with Crippen LogP contribution in [-0.4, -0.2) is 22.8 Å². The van der Waals surface area contributed by atoms with E-state index in [0.29, 0.717) is 27.5 Å². The Bertz CT molecular complexity index is 884. The van der Waals surface area contributed by atoms with Crippen LogP contribution in [-0.2, 0) is 0 Å². The number of urea groups is 1. The minimum absolute atomic E-state index is 0.399. The highest BCUT2D eigenvalue weighted by Gasteiger charge is 2.10. The van der Waals surface area contributed by atoms with Gasteiger partial charge in [-0.1, -0.05) is 41.1 Å². The quantitative estimate of drug-likeness (QED) is 0.665. The van der Waals surface area contributed by atoms with Gasteiger partial charge in [-0.2, -0.15) is 0 Å². The first-order chi connectivity index (χ1) is 12.1. The van der Waals surface area contributed by atoms with E-state index in [0.717, 1.165) is 11.3 Å². The van der Waals surface area contributed by atoms with Crippen LogP contribution < -0.4 is 15.4 Å². The zero-order valence-electron chi connectivity index (χ0n) is 13.3. The van der Waals surface area contributed by atoms with Crippen molar-refractivity contribution in [3.8, 4) is 16.3 Å². The Morgan fingerprint density at radius 1 is 1.16 bits per heavy atom. The lowest BCUT2D eigenvalue weighted by atomic mass is 10.2. The minimum Gasteiger partial charge on any atom is -0.494 e. The average Bonchev–Trinajstić information content (AvgIpc) is 3.04. The molecule has 3 rings (SSSR count). The van der Waals surface area contributed by atoms with Crippen molar-refractivity contribution in [3.63, 3.8) is 0 Å². The number of amides is 2. The van der Waals surface area contributed by atoms with Crippen LogP contribution in [0.25, 0.3) is 10.6 Å². The molecule has 0 saturated heterocycles. The van der Waals surface area contributed by atoms with Crippen LogP contribution in [0.5, 0.6) is 5.75 Å². The lowest BCUT2D eigenvalue weighted by Crippen LogP contribution is -2.19. The van der Waals surface area contributed by atoms with Gasteiger partial charge >= 0.3 is 6.03 Å². The smallest absolute Gasteiger partial charge is 0.325 e. The second kappa shape index (κ2) is 7.96. The van der Waals surface area contributed by atoms with E-state index in [1.807, 2.05) is 31.2 Å². The Morgan fingerprint density at radius 3 is 2.80 bits per heavy atom. The molecule has 128 valence electrons. The van der Waals surface area contributed by atoms with Gasteiger partial charge in [0.2, 0.25) is 5.13 Å². The van der Waals surface area contributed by atoms with Gasteiger partial charge in [0, 0.05) is 16.3 Å².